The van der Waals surface area contributed by atoms with E-state index in [1.807, 2.05) is 30.3 Å². The normalized spacial score (nSPS) is 13.4. The van der Waals surface area contributed by atoms with E-state index in [2.05, 4.69) is 37.6 Å². The van der Waals surface area contributed by atoms with Gasteiger partial charge in [0.15, 0.2) is 0 Å². The first-order valence-electron chi connectivity index (χ1n) is 9.52. The summed E-state index contributed by atoms with van der Waals surface area (Å²) in [7, 11) is 0. The van der Waals surface area contributed by atoms with Gasteiger partial charge in [-0.15, -0.1) is 0 Å². The molecule has 2 N–H and O–H groups in total. The molecule has 1 fully saturated rings. The van der Waals surface area contributed by atoms with Crippen molar-refractivity contribution in [3.8, 4) is 0 Å². The van der Waals surface area contributed by atoms with Crippen molar-refractivity contribution in [2.45, 2.75) is 19.4 Å². The Morgan fingerprint density at radius 3 is 2.43 bits per heavy atom. The number of rotatable bonds is 6. The summed E-state index contributed by atoms with van der Waals surface area (Å²) >= 11 is 0. The highest BCUT2D eigenvalue weighted by Gasteiger charge is 2.12. The lowest BCUT2D eigenvalue weighted by Crippen LogP contribution is -2.17. The average molecular weight is 373 g/mol. The number of hydrogen-bond acceptors (Lipinski definition) is 5. The van der Waals surface area contributed by atoms with Crippen molar-refractivity contribution in [2.75, 3.05) is 28.6 Å². The molecule has 1 aliphatic heterocycles. The van der Waals surface area contributed by atoms with Crippen molar-refractivity contribution >= 4 is 23.0 Å². The molecule has 1 aliphatic rings. The molecule has 1 saturated heterocycles. The van der Waals surface area contributed by atoms with E-state index >= 15 is 0 Å². The number of nitrogens with zero attached hydrogens (tertiary/aromatic N) is 3. The maximum absolute atomic E-state index is 12.6. The lowest BCUT2D eigenvalue weighted by Gasteiger charge is -2.17. The highest BCUT2D eigenvalue weighted by atomic mass is 16.1. The van der Waals surface area contributed by atoms with Crippen LogP contribution >= 0.6 is 0 Å². The first-order chi connectivity index (χ1) is 13.8. The van der Waals surface area contributed by atoms with Gasteiger partial charge in [0.25, 0.3) is 5.91 Å². The van der Waals surface area contributed by atoms with E-state index in [0.717, 1.165) is 30.0 Å². The lowest BCUT2D eigenvalue weighted by molar-refractivity contribution is 0.102. The molecule has 2 aromatic heterocycles. The van der Waals surface area contributed by atoms with Crippen molar-refractivity contribution in [3.05, 3.63) is 78.4 Å². The van der Waals surface area contributed by atoms with Gasteiger partial charge in [-0.05, 0) is 60.9 Å². The molecule has 0 spiro atoms. The number of aromatic nitrogens is 2. The Kier molecular flexibility index (Phi) is 5.47. The second kappa shape index (κ2) is 8.52. The lowest BCUT2D eigenvalue weighted by atomic mass is 10.2. The molecule has 0 radical (unpaired) electrons. The molecule has 1 aromatic carbocycles. The average Bonchev–Trinajstić information content (AvgIpc) is 3.29. The molecule has 1 amide bonds. The highest BCUT2D eigenvalue weighted by Crippen LogP contribution is 2.22. The fourth-order valence-electron chi connectivity index (χ4n) is 3.30. The molecule has 6 nitrogen and oxygen atoms in total. The SMILES string of the molecule is O=C(Nc1ccc(N2CCCC2)cc1)c1cncc(NCc2ccncc2)c1. The molecule has 0 saturated carbocycles. The fourth-order valence-corrected chi connectivity index (χ4v) is 3.30. The summed E-state index contributed by atoms with van der Waals surface area (Å²) < 4.78 is 0. The third kappa shape index (κ3) is 4.46. The minimum atomic E-state index is -0.172. The molecular formula is C22H23N5O. The Bertz CT molecular complexity index is 921. The predicted molar refractivity (Wildman–Crippen MR) is 112 cm³/mol. The molecule has 4 rings (SSSR count). The van der Waals surface area contributed by atoms with Crippen molar-refractivity contribution in [1.82, 2.24) is 9.97 Å². The minimum absolute atomic E-state index is 0.172. The zero-order valence-corrected chi connectivity index (χ0v) is 15.6. The Morgan fingerprint density at radius 2 is 1.68 bits per heavy atom. The van der Waals surface area contributed by atoms with Crippen molar-refractivity contribution in [3.63, 3.8) is 0 Å². The van der Waals surface area contributed by atoms with Gasteiger partial charge in [-0.2, -0.15) is 0 Å². The molecular weight excluding hydrogens is 350 g/mol. The fraction of sp³-hybridized carbons (Fsp3) is 0.227. The summed E-state index contributed by atoms with van der Waals surface area (Å²) in [5, 5.41) is 6.23. The second-order valence-corrected chi connectivity index (χ2v) is 6.87. The Labute approximate surface area is 164 Å². The number of hydrogen-bond donors (Lipinski definition) is 2. The van der Waals surface area contributed by atoms with Crippen molar-refractivity contribution in [2.24, 2.45) is 0 Å². The standard InChI is InChI=1S/C22H23N5O/c28-22(26-19-3-5-21(6-4-19)27-11-1-2-12-27)18-13-20(16-24-15-18)25-14-17-7-9-23-10-8-17/h3-10,13,15-16,25H,1-2,11-12,14H2,(H,26,28). The first kappa shape index (κ1) is 18.0. The molecule has 3 heterocycles. The highest BCUT2D eigenvalue weighted by molar-refractivity contribution is 6.04. The van der Waals surface area contributed by atoms with Crippen LogP contribution in [0.5, 0.6) is 0 Å². The van der Waals surface area contributed by atoms with E-state index in [9.17, 15) is 4.79 Å². The van der Waals surface area contributed by atoms with Crippen molar-refractivity contribution < 1.29 is 4.79 Å². The van der Waals surface area contributed by atoms with Gasteiger partial charge in [-0.25, -0.2) is 0 Å². The third-order valence-electron chi connectivity index (χ3n) is 4.84. The molecule has 6 heteroatoms. The van der Waals surface area contributed by atoms with E-state index in [-0.39, 0.29) is 5.91 Å². The van der Waals surface area contributed by atoms with E-state index in [1.54, 1.807) is 24.8 Å². The first-order valence-corrected chi connectivity index (χ1v) is 9.52. The number of pyridine rings is 2. The predicted octanol–water partition coefficient (Wildman–Crippen LogP) is 3.94. The van der Waals surface area contributed by atoms with Crippen LogP contribution in [0.3, 0.4) is 0 Å². The smallest absolute Gasteiger partial charge is 0.257 e. The third-order valence-corrected chi connectivity index (χ3v) is 4.84. The van der Waals surface area contributed by atoms with Gasteiger partial charge in [0, 0.05) is 55.8 Å². The molecule has 142 valence electrons. The van der Waals surface area contributed by atoms with Crippen LogP contribution < -0.4 is 15.5 Å². The Hall–Kier alpha value is -3.41. The van der Waals surface area contributed by atoms with Crippen LogP contribution in [0.15, 0.2) is 67.3 Å². The van der Waals surface area contributed by atoms with Gasteiger partial charge in [0.2, 0.25) is 0 Å². The zero-order valence-electron chi connectivity index (χ0n) is 15.6. The number of benzene rings is 1. The van der Waals surface area contributed by atoms with Crippen molar-refractivity contribution in [1.29, 1.82) is 0 Å². The van der Waals surface area contributed by atoms with Gasteiger partial charge < -0.3 is 15.5 Å². The summed E-state index contributed by atoms with van der Waals surface area (Å²) in [6.07, 6.45) is 9.30. The van der Waals surface area contributed by atoms with Crippen LogP contribution in [0, 0.1) is 0 Å². The van der Waals surface area contributed by atoms with Crippen LogP contribution in [-0.2, 0) is 6.54 Å². The monoisotopic (exact) mass is 373 g/mol. The van der Waals surface area contributed by atoms with Crippen LogP contribution in [-0.4, -0.2) is 29.0 Å². The van der Waals surface area contributed by atoms with Crippen LogP contribution in [0.4, 0.5) is 17.1 Å². The van der Waals surface area contributed by atoms with E-state index in [4.69, 9.17) is 0 Å². The molecule has 3 aromatic rings. The number of anilines is 3. The van der Waals surface area contributed by atoms with Crippen LogP contribution in [0.2, 0.25) is 0 Å². The number of nitrogens with one attached hydrogen (secondary N) is 2. The Morgan fingerprint density at radius 1 is 0.929 bits per heavy atom. The molecule has 0 atom stereocenters. The van der Waals surface area contributed by atoms with Gasteiger partial charge in [0.05, 0.1) is 11.3 Å². The van der Waals surface area contributed by atoms with Crippen LogP contribution in [0.25, 0.3) is 0 Å². The van der Waals surface area contributed by atoms with E-state index in [1.165, 1.54) is 18.5 Å². The zero-order chi connectivity index (χ0) is 19.2. The molecule has 0 unspecified atom stereocenters. The second-order valence-electron chi connectivity index (χ2n) is 6.87. The summed E-state index contributed by atoms with van der Waals surface area (Å²) in [6.45, 7) is 2.86. The molecule has 0 aliphatic carbocycles. The summed E-state index contributed by atoms with van der Waals surface area (Å²) in [6, 6.07) is 13.7. The van der Waals surface area contributed by atoms with Gasteiger partial charge in [-0.3, -0.25) is 14.8 Å². The quantitative estimate of drug-likeness (QED) is 0.685. The van der Waals surface area contributed by atoms with E-state index < -0.39 is 0 Å². The Balaban J connectivity index is 1.37. The summed E-state index contributed by atoms with van der Waals surface area (Å²) in [4.78, 5) is 23.1. The molecule has 28 heavy (non-hydrogen) atoms. The summed E-state index contributed by atoms with van der Waals surface area (Å²) in [5.74, 6) is -0.172. The maximum Gasteiger partial charge on any atom is 0.257 e. The van der Waals surface area contributed by atoms with E-state index in [0.29, 0.717) is 12.1 Å². The summed E-state index contributed by atoms with van der Waals surface area (Å²) in [5.41, 5.74) is 4.42. The number of carbonyl (C=O) groups excluding carboxylic acids is 1. The largest absolute Gasteiger partial charge is 0.380 e. The van der Waals surface area contributed by atoms with Gasteiger partial charge in [0.1, 0.15) is 0 Å². The van der Waals surface area contributed by atoms with Gasteiger partial charge in [-0.1, -0.05) is 0 Å². The maximum atomic E-state index is 12.6. The molecule has 0 bridgehead atoms. The number of carbonyl (C=O) groups is 1. The van der Waals surface area contributed by atoms with Gasteiger partial charge >= 0.3 is 0 Å². The minimum Gasteiger partial charge on any atom is -0.380 e. The number of amides is 1. The van der Waals surface area contributed by atoms with Crippen LogP contribution in [0.1, 0.15) is 28.8 Å². The topological polar surface area (TPSA) is 70.2 Å².